The number of alkyl halides is 3. The van der Waals surface area contributed by atoms with Crippen molar-refractivity contribution in [3.8, 4) is 11.5 Å². The molecule has 0 spiro atoms. The second kappa shape index (κ2) is 4.58. The van der Waals surface area contributed by atoms with Gasteiger partial charge in [-0.2, -0.15) is 13.2 Å². The van der Waals surface area contributed by atoms with E-state index in [4.69, 9.17) is 21.1 Å². The van der Waals surface area contributed by atoms with Gasteiger partial charge in [-0.25, -0.2) is 9.78 Å². The highest BCUT2D eigenvalue weighted by Gasteiger charge is 2.33. The molecular formula is C11H5ClF3NO3. The van der Waals surface area contributed by atoms with Crippen LogP contribution in [0, 0.1) is 0 Å². The van der Waals surface area contributed by atoms with Crippen LogP contribution in [0.15, 0.2) is 28.9 Å². The summed E-state index contributed by atoms with van der Waals surface area (Å²) in [5.74, 6) is -1.56. The van der Waals surface area contributed by atoms with Crippen molar-refractivity contribution in [2.24, 2.45) is 0 Å². The zero-order chi connectivity index (χ0) is 14.2. The van der Waals surface area contributed by atoms with Crippen molar-refractivity contribution in [3.63, 3.8) is 0 Å². The summed E-state index contributed by atoms with van der Waals surface area (Å²) < 4.78 is 42.8. The topological polar surface area (TPSA) is 63.3 Å². The summed E-state index contributed by atoms with van der Waals surface area (Å²) in [6.07, 6.45) is -3.77. The fraction of sp³-hybridized carbons (Fsp3) is 0.0909. The van der Waals surface area contributed by atoms with E-state index in [9.17, 15) is 18.0 Å². The van der Waals surface area contributed by atoms with E-state index in [0.29, 0.717) is 0 Å². The summed E-state index contributed by atoms with van der Waals surface area (Å²) in [4.78, 5) is 14.2. The van der Waals surface area contributed by atoms with Crippen LogP contribution in [-0.4, -0.2) is 16.1 Å². The van der Waals surface area contributed by atoms with E-state index < -0.39 is 28.4 Å². The molecule has 0 aliphatic heterocycles. The van der Waals surface area contributed by atoms with Gasteiger partial charge in [0.2, 0.25) is 5.89 Å². The van der Waals surface area contributed by atoms with Crippen molar-refractivity contribution in [1.82, 2.24) is 4.98 Å². The van der Waals surface area contributed by atoms with Gasteiger partial charge in [-0.15, -0.1) is 0 Å². The van der Waals surface area contributed by atoms with Crippen LogP contribution >= 0.6 is 11.6 Å². The molecule has 0 amide bonds. The number of rotatable bonds is 2. The highest BCUT2D eigenvalue weighted by Crippen LogP contribution is 2.36. The summed E-state index contributed by atoms with van der Waals surface area (Å²) in [7, 11) is 0. The number of aromatic carboxylic acids is 1. The number of nitrogens with zero attached hydrogens (tertiary/aromatic N) is 1. The lowest BCUT2D eigenvalue weighted by atomic mass is 10.1. The number of carbonyl (C=O) groups is 1. The van der Waals surface area contributed by atoms with Crippen LogP contribution in [0.3, 0.4) is 0 Å². The van der Waals surface area contributed by atoms with Crippen molar-refractivity contribution < 1.29 is 27.5 Å². The van der Waals surface area contributed by atoms with E-state index in [1.54, 1.807) is 0 Å². The van der Waals surface area contributed by atoms with Gasteiger partial charge in [0.15, 0.2) is 5.69 Å². The van der Waals surface area contributed by atoms with Crippen molar-refractivity contribution >= 4 is 17.6 Å². The van der Waals surface area contributed by atoms with E-state index in [2.05, 4.69) is 4.98 Å². The molecular weight excluding hydrogens is 287 g/mol. The number of hydrogen-bond donors (Lipinski definition) is 1. The largest absolute Gasteiger partial charge is 0.476 e. The Kier molecular flexibility index (Phi) is 3.23. The minimum atomic E-state index is -4.62. The summed E-state index contributed by atoms with van der Waals surface area (Å²) >= 11 is 5.46. The Hall–Kier alpha value is -2.02. The highest BCUT2D eigenvalue weighted by molar-refractivity contribution is 6.31. The molecule has 1 heterocycles. The standard InChI is InChI=1S/C11H5ClF3NO3/c12-7-2-1-5(3-6(7)11(13,14)15)9-16-8(4-19-9)10(17)18/h1-4H,(H,17,18). The van der Waals surface area contributed by atoms with Crippen LogP contribution in [0.25, 0.3) is 11.5 Å². The Morgan fingerprint density at radius 1 is 1.37 bits per heavy atom. The minimum Gasteiger partial charge on any atom is -0.476 e. The van der Waals surface area contributed by atoms with Gasteiger partial charge in [-0.05, 0) is 18.2 Å². The predicted molar refractivity (Wildman–Crippen MR) is 58.9 cm³/mol. The highest BCUT2D eigenvalue weighted by atomic mass is 35.5. The summed E-state index contributed by atoms with van der Waals surface area (Å²) in [6, 6.07) is 3.05. The van der Waals surface area contributed by atoms with Gasteiger partial charge in [-0.3, -0.25) is 0 Å². The molecule has 1 aromatic heterocycles. The molecule has 0 unspecified atom stereocenters. The Morgan fingerprint density at radius 2 is 2.05 bits per heavy atom. The molecule has 2 aromatic rings. The lowest BCUT2D eigenvalue weighted by Crippen LogP contribution is -2.06. The number of aromatic nitrogens is 1. The Balaban J connectivity index is 2.48. The fourth-order valence-corrected chi connectivity index (χ4v) is 1.60. The maximum Gasteiger partial charge on any atom is 0.417 e. The molecule has 8 heteroatoms. The molecule has 0 atom stereocenters. The zero-order valence-corrected chi connectivity index (χ0v) is 9.79. The first-order valence-corrected chi connectivity index (χ1v) is 5.23. The van der Waals surface area contributed by atoms with E-state index in [0.717, 1.165) is 18.4 Å². The van der Waals surface area contributed by atoms with E-state index in [1.807, 2.05) is 0 Å². The molecule has 1 N–H and O–H groups in total. The average molecular weight is 292 g/mol. The SMILES string of the molecule is O=C(O)c1coc(-c2ccc(Cl)c(C(F)(F)F)c2)n1. The molecule has 0 aliphatic rings. The molecule has 19 heavy (non-hydrogen) atoms. The number of oxazole rings is 1. The maximum atomic E-state index is 12.6. The molecule has 0 saturated heterocycles. The van der Waals surface area contributed by atoms with E-state index in [-0.39, 0.29) is 11.5 Å². The van der Waals surface area contributed by atoms with Gasteiger partial charge in [0, 0.05) is 5.56 Å². The second-order valence-electron chi connectivity index (χ2n) is 3.54. The van der Waals surface area contributed by atoms with Crippen LogP contribution in [0.2, 0.25) is 5.02 Å². The second-order valence-corrected chi connectivity index (χ2v) is 3.94. The Bertz CT molecular complexity index is 636. The van der Waals surface area contributed by atoms with Gasteiger partial charge in [0.25, 0.3) is 0 Å². The molecule has 0 bridgehead atoms. The van der Waals surface area contributed by atoms with Gasteiger partial charge in [-0.1, -0.05) is 11.6 Å². The fourth-order valence-electron chi connectivity index (χ4n) is 1.38. The maximum absolute atomic E-state index is 12.6. The first-order chi connectivity index (χ1) is 8.79. The number of halogens is 4. The first kappa shape index (κ1) is 13.4. The lowest BCUT2D eigenvalue weighted by Gasteiger charge is -2.09. The van der Waals surface area contributed by atoms with Crippen molar-refractivity contribution in [3.05, 3.63) is 40.7 Å². The normalized spacial score (nSPS) is 11.6. The van der Waals surface area contributed by atoms with Crippen LogP contribution in [-0.2, 0) is 6.18 Å². The van der Waals surface area contributed by atoms with Gasteiger partial charge >= 0.3 is 12.1 Å². The monoisotopic (exact) mass is 291 g/mol. The minimum absolute atomic E-state index is 0.00998. The average Bonchev–Trinajstić information content (AvgIpc) is 2.77. The number of carboxylic acids is 1. The molecule has 0 aliphatic carbocycles. The third-order valence-corrected chi connectivity index (χ3v) is 2.57. The third-order valence-electron chi connectivity index (χ3n) is 2.24. The Labute approximate surface area is 109 Å². The van der Waals surface area contributed by atoms with Gasteiger partial charge < -0.3 is 9.52 Å². The molecule has 0 radical (unpaired) electrons. The molecule has 0 fully saturated rings. The third kappa shape index (κ3) is 2.70. The van der Waals surface area contributed by atoms with Crippen LogP contribution in [0.1, 0.15) is 16.1 Å². The van der Waals surface area contributed by atoms with Crippen LogP contribution < -0.4 is 0 Å². The van der Waals surface area contributed by atoms with E-state index in [1.165, 1.54) is 6.07 Å². The summed E-state index contributed by atoms with van der Waals surface area (Å²) in [5.41, 5.74) is -1.44. The van der Waals surface area contributed by atoms with Gasteiger partial charge in [0.05, 0.1) is 10.6 Å². The summed E-state index contributed by atoms with van der Waals surface area (Å²) in [6.45, 7) is 0. The molecule has 1 aromatic carbocycles. The van der Waals surface area contributed by atoms with Crippen molar-refractivity contribution in [2.45, 2.75) is 6.18 Å². The smallest absolute Gasteiger partial charge is 0.417 e. The van der Waals surface area contributed by atoms with Crippen molar-refractivity contribution in [2.75, 3.05) is 0 Å². The van der Waals surface area contributed by atoms with Crippen LogP contribution in [0.4, 0.5) is 13.2 Å². The quantitative estimate of drug-likeness (QED) is 0.916. The number of hydrogen-bond acceptors (Lipinski definition) is 3. The molecule has 0 saturated carbocycles. The number of benzene rings is 1. The first-order valence-electron chi connectivity index (χ1n) is 4.85. The Morgan fingerprint density at radius 3 is 2.58 bits per heavy atom. The van der Waals surface area contributed by atoms with Gasteiger partial charge in [0.1, 0.15) is 6.26 Å². The van der Waals surface area contributed by atoms with Crippen molar-refractivity contribution in [1.29, 1.82) is 0 Å². The summed E-state index contributed by atoms with van der Waals surface area (Å²) in [5, 5.41) is 8.19. The number of carboxylic acid groups (broad SMARTS) is 1. The molecule has 100 valence electrons. The zero-order valence-electron chi connectivity index (χ0n) is 9.03. The predicted octanol–water partition coefficient (Wildman–Crippen LogP) is 3.71. The van der Waals surface area contributed by atoms with E-state index >= 15 is 0 Å². The lowest BCUT2D eigenvalue weighted by molar-refractivity contribution is -0.137. The van der Waals surface area contributed by atoms with Crippen LogP contribution in [0.5, 0.6) is 0 Å². The molecule has 4 nitrogen and oxygen atoms in total. The molecule has 2 rings (SSSR count).